The maximum absolute atomic E-state index is 11.3. The molecule has 0 aromatic heterocycles. The van der Waals surface area contributed by atoms with Gasteiger partial charge >= 0.3 is 0 Å². The molecule has 2 aromatic carbocycles. The Bertz CT molecular complexity index is 837. The van der Waals surface area contributed by atoms with Crippen molar-refractivity contribution in [1.29, 1.82) is 0 Å². The van der Waals surface area contributed by atoms with Crippen molar-refractivity contribution in [3.05, 3.63) is 73.3 Å². The zero-order chi connectivity index (χ0) is 18.7. The molecule has 1 aliphatic heterocycles. The van der Waals surface area contributed by atoms with Crippen molar-refractivity contribution >= 4 is 28.7 Å². The molecule has 0 saturated carbocycles. The van der Waals surface area contributed by atoms with E-state index < -0.39 is 9.85 Å². The minimum atomic E-state index is -0.625. The predicted octanol–water partition coefficient (Wildman–Crippen LogP) is 3.48. The van der Waals surface area contributed by atoms with Crippen LogP contribution in [0.3, 0.4) is 0 Å². The maximum Gasteiger partial charge on any atom is 0.299 e. The van der Waals surface area contributed by atoms with Crippen LogP contribution in [-0.2, 0) is 6.54 Å². The summed E-state index contributed by atoms with van der Waals surface area (Å²) < 4.78 is 0. The van der Waals surface area contributed by atoms with Crippen molar-refractivity contribution in [2.45, 2.75) is 6.54 Å². The molecule has 0 amide bonds. The van der Waals surface area contributed by atoms with Gasteiger partial charge in [0.05, 0.1) is 15.9 Å². The molecule has 0 N–H and O–H groups in total. The minimum absolute atomic E-state index is 0.234. The van der Waals surface area contributed by atoms with Crippen LogP contribution in [0.4, 0.5) is 17.1 Å². The molecule has 0 spiro atoms. The number of benzene rings is 2. The predicted molar refractivity (Wildman–Crippen MR) is 98.7 cm³/mol. The highest BCUT2D eigenvalue weighted by Crippen LogP contribution is 2.32. The molecule has 1 fully saturated rings. The lowest BCUT2D eigenvalue weighted by atomic mass is 10.1. The number of nitrogens with zero attached hydrogens (tertiary/aromatic N) is 4. The molecule has 2 aromatic rings. The fourth-order valence-corrected chi connectivity index (χ4v) is 3.29. The van der Waals surface area contributed by atoms with Gasteiger partial charge in [-0.25, -0.2) is 0 Å². The third-order valence-electron chi connectivity index (χ3n) is 4.37. The smallest absolute Gasteiger partial charge is 0.299 e. The van der Waals surface area contributed by atoms with Gasteiger partial charge in [-0.15, -0.1) is 0 Å². The van der Waals surface area contributed by atoms with Gasteiger partial charge in [0.15, 0.2) is 0 Å². The Hall–Kier alpha value is -2.71. The first-order valence-corrected chi connectivity index (χ1v) is 8.46. The van der Waals surface area contributed by atoms with Crippen molar-refractivity contribution in [2.75, 3.05) is 31.1 Å². The van der Waals surface area contributed by atoms with Crippen LogP contribution in [0.1, 0.15) is 5.56 Å². The molecule has 8 nitrogen and oxygen atoms in total. The summed E-state index contributed by atoms with van der Waals surface area (Å²) in [4.78, 5) is 25.1. The Labute approximate surface area is 154 Å². The van der Waals surface area contributed by atoms with E-state index in [0.29, 0.717) is 23.8 Å². The Morgan fingerprint density at radius 3 is 2.31 bits per heavy atom. The fraction of sp³-hybridized carbons (Fsp3) is 0.294. The highest BCUT2D eigenvalue weighted by molar-refractivity contribution is 6.30. The molecule has 3 rings (SSSR count). The quantitative estimate of drug-likeness (QED) is 0.586. The molecule has 1 saturated heterocycles. The van der Waals surface area contributed by atoms with Gasteiger partial charge in [0.2, 0.25) is 0 Å². The lowest BCUT2D eigenvalue weighted by molar-refractivity contribution is -0.393. The molecule has 26 heavy (non-hydrogen) atoms. The van der Waals surface area contributed by atoms with Gasteiger partial charge < -0.3 is 4.90 Å². The molecule has 0 unspecified atom stereocenters. The van der Waals surface area contributed by atoms with Gasteiger partial charge in [0.1, 0.15) is 5.69 Å². The Morgan fingerprint density at radius 2 is 1.69 bits per heavy atom. The summed E-state index contributed by atoms with van der Waals surface area (Å²) in [6.07, 6.45) is 0. The molecule has 1 aliphatic rings. The summed E-state index contributed by atoms with van der Waals surface area (Å²) in [5.41, 5.74) is 1.03. The zero-order valence-corrected chi connectivity index (χ0v) is 14.6. The first kappa shape index (κ1) is 18.1. The molecule has 0 aliphatic carbocycles. The van der Waals surface area contributed by atoms with Gasteiger partial charge in [-0.3, -0.25) is 25.1 Å². The van der Waals surface area contributed by atoms with E-state index in [4.69, 9.17) is 11.6 Å². The zero-order valence-electron chi connectivity index (χ0n) is 13.9. The molecule has 0 atom stereocenters. The van der Waals surface area contributed by atoms with Crippen molar-refractivity contribution < 1.29 is 9.85 Å². The number of hydrogen-bond donors (Lipinski definition) is 0. The van der Waals surface area contributed by atoms with E-state index in [1.54, 1.807) is 0 Å². The first-order valence-electron chi connectivity index (χ1n) is 8.08. The number of halogens is 1. The third-order valence-corrected chi connectivity index (χ3v) is 4.61. The van der Waals surface area contributed by atoms with Gasteiger partial charge in [-0.1, -0.05) is 23.7 Å². The molecular weight excluding hydrogens is 360 g/mol. The van der Waals surface area contributed by atoms with E-state index in [1.165, 1.54) is 12.1 Å². The van der Waals surface area contributed by atoms with Crippen LogP contribution in [0.25, 0.3) is 0 Å². The summed E-state index contributed by atoms with van der Waals surface area (Å²) in [7, 11) is 0. The standard InChI is InChI=1S/C17H17ClN4O4/c18-14-3-1-2-13(10-14)12-19-6-8-20(9-7-19)16-5-4-15(21(23)24)11-17(16)22(25)26/h1-5,10-11H,6-9,12H2. The Morgan fingerprint density at radius 1 is 0.962 bits per heavy atom. The molecular formula is C17H17ClN4O4. The van der Waals surface area contributed by atoms with Crippen molar-refractivity contribution in [3.8, 4) is 0 Å². The average Bonchev–Trinajstić information content (AvgIpc) is 2.62. The van der Waals surface area contributed by atoms with Crippen molar-refractivity contribution in [3.63, 3.8) is 0 Å². The molecule has 0 bridgehead atoms. The third kappa shape index (κ3) is 4.09. The van der Waals surface area contributed by atoms with E-state index in [1.807, 2.05) is 29.2 Å². The van der Waals surface area contributed by atoms with Crippen LogP contribution in [0.15, 0.2) is 42.5 Å². The number of anilines is 1. The summed E-state index contributed by atoms with van der Waals surface area (Å²) in [6, 6.07) is 11.5. The summed E-state index contributed by atoms with van der Waals surface area (Å²) >= 11 is 6.01. The fourth-order valence-electron chi connectivity index (χ4n) is 3.08. The molecule has 0 radical (unpaired) electrons. The number of rotatable bonds is 5. The van der Waals surface area contributed by atoms with Gasteiger partial charge in [-0.05, 0) is 23.8 Å². The second kappa shape index (κ2) is 7.67. The first-order chi connectivity index (χ1) is 12.4. The normalized spacial score (nSPS) is 15.0. The SMILES string of the molecule is O=[N+]([O-])c1ccc(N2CCN(Cc3cccc(Cl)c3)CC2)c([N+](=O)[O-])c1. The van der Waals surface area contributed by atoms with E-state index in [-0.39, 0.29) is 11.4 Å². The van der Waals surface area contributed by atoms with Crippen LogP contribution in [0.5, 0.6) is 0 Å². The number of nitro benzene ring substituents is 2. The van der Waals surface area contributed by atoms with Gasteiger partial charge in [0.25, 0.3) is 11.4 Å². The minimum Gasteiger partial charge on any atom is -0.363 e. The summed E-state index contributed by atoms with van der Waals surface area (Å²) in [5, 5.41) is 22.9. The number of non-ortho nitro benzene ring substituents is 1. The van der Waals surface area contributed by atoms with Crippen LogP contribution < -0.4 is 4.90 Å². The van der Waals surface area contributed by atoms with Gasteiger partial charge in [-0.2, -0.15) is 0 Å². The number of nitro groups is 2. The van der Waals surface area contributed by atoms with Crippen LogP contribution >= 0.6 is 11.6 Å². The van der Waals surface area contributed by atoms with E-state index >= 15 is 0 Å². The van der Waals surface area contributed by atoms with Crippen molar-refractivity contribution in [1.82, 2.24) is 4.90 Å². The number of piperazine rings is 1. The second-order valence-electron chi connectivity index (χ2n) is 6.08. The van der Waals surface area contributed by atoms with Crippen molar-refractivity contribution in [2.24, 2.45) is 0 Å². The van der Waals surface area contributed by atoms with Crippen LogP contribution in [-0.4, -0.2) is 40.9 Å². The second-order valence-corrected chi connectivity index (χ2v) is 6.52. The summed E-state index contributed by atoms with van der Waals surface area (Å²) in [5.74, 6) is 0. The summed E-state index contributed by atoms with van der Waals surface area (Å²) in [6.45, 7) is 3.45. The highest BCUT2D eigenvalue weighted by atomic mass is 35.5. The lowest BCUT2D eigenvalue weighted by Crippen LogP contribution is -2.46. The lowest BCUT2D eigenvalue weighted by Gasteiger charge is -2.35. The molecule has 136 valence electrons. The Balaban J connectivity index is 1.69. The average molecular weight is 377 g/mol. The largest absolute Gasteiger partial charge is 0.363 e. The van der Waals surface area contributed by atoms with Crippen LogP contribution in [0, 0.1) is 20.2 Å². The monoisotopic (exact) mass is 376 g/mol. The maximum atomic E-state index is 11.3. The Kier molecular flexibility index (Phi) is 5.34. The number of hydrogen-bond acceptors (Lipinski definition) is 6. The molecule has 1 heterocycles. The van der Waals surface area contributed by atoms with E-state index in [2.05, 4.69) is 4.90 Å². The van der Waals surface area contributed by atoms with E-state index in [0.717, 1.165) is 31.3 Å². The van der Waals surface area contributed by atoms with Crippen LogP contribution in [0.2, 0.25) is 5.02 Å². The topological polar surface area (TPSA) is 92.8 Å². The van der Waals surface area contributed by atoms with Gasteiger partial charge in [0, 0.05) is 43.8 Å². The highest BCUT2D eigenvalue weighted by Gasteiger charge is 2.26. The molecule has 9 heteroatoms. The van der Waals surface area contributed by atoms with E-state index in [9.17, 15) is 20.2 Å².